The summed E-state index contributed by atoms with van der Waals surface area (Å²) in [6.07, 6.45) is 7.62. The van der Waals surface area contributed by atoms with E-state index in [-0.39, 0.29) is 47.1 Å². The van der Waals surface area contributed by atoms with Gasteiger partial charge in [-0.1, -0.05) is 10.3 Å². The molecule has 142 valence electrons. The monoisotopic (exact) mass is 490 g/mol. The molecule has 2 rings (SSSR count). The van der Waals surface area contributed by atoms with Crippen molar-refractivity contribution in [1.82, 2.24) is 0 Å². The van der Waals surface area contributed by atoms with E-state index in [1.54, 1.807) is 58.2 Å². The van der Waals surface area contributed by atoms with Gasteiger partial charge in [-0.05, 0) is 0 Å². The minimum atomic E-state index is -0.946. The lowest BCUT2D eigenvalue weighted by atomic mass is 10.2. The summed E-state index contributed by atoms with van der Waals surface area (Å²) in [5.41, 5.74) is 1.46. The molecule has 0 bridgehead atoms. The lowest BCUT2D eigenvalue weighted by molar-refractivity contribution is -0.719. The summed E-state index contributed by atoms with van der Waals surface area (Å²) in [6.45, 7) is 0.459. The maximum Gasteiger partial charge on any atom is 0.176 e. The molecule has 4 N–H and O–H groups in total. The van der Waals surface area contributed by atoms with Crippen molar-refractivity contribution in [3.8, 4) is 0 Å². The van der Waals surface area contributed by atoms with Crippen LogP contribution in [0.2, 0.25) is 0 Å². The van der Waals surface area contributed by atoms with Gasteiger partial charge in [0.25, 0.3) is 0 Å². The van der Waals surface area contributed by atoms with Crippen LogP contribution in [0.4, 0.5) is 0 Å². The molecule has 0 aliphatic rings. The van der Waals surface area contributed by atoms with Crippen LogP contribution in [0.1, 0.15) is 11.1 Å². The van der Waals surface area contributed by atoms with Crippen LogP contribution in [0.15, 0.2) is 59.4 Å². The van der Waals surface area contributed by atoms with Gasteiger partial charge >= 0.3 is 0 Å². The Kier molecular flexibility index (Phi) is 11.6. The molecule has 0 saturated heterocycles. The lowest BCUT2D eigenvalue weighted by Crippen LogP contribution is -3.00. The summed E-state index contributed by atoms with van der Waals surface area (Å²) in [5.74, 6) is 0. The van der Waals surface area contributed by atoms with Gasteiger partial charge < -0.3 is 54.6 Å². The summed E-state index contributed by atoms with van der Waals surface area (Å²) >= 11 is 0. The van der Waals surface area contributed by atoms with E-state index >= 15 is 0 Å². The second-order valence-electron chi connectivity index (χ2n) is 5.28. The highest BCUT2D eigenvalue weighted by molar-refractivity contribution is 5.78. The third kappa shape index (κ3) is 7.56. The first-order valence-corrected chi connectivity index (χ1v) is 7.31. The fourth-order valence-corrected chi connectivity index (χ4v) is 2.16. The molecule has 2 unspecified atom stereocenters. The molecule has 0 saturated carbocycles. The zero-order chi connectivity index (χ0) is 17.4. The SMILES string of the molecule is O/N=C/c1cc[n+](CC(O)C(O)C[n+]2ccc(/C=N/O)cc2)cc1.[Br-].[Br-]. The number of aromatic nitrogens is 2. The van der Waals surface area contributed by atoms with Crippen LogP contribution in [0.3, 0.4) is 0 Å². The van der Waals surface area contributed by atoms with E-state index in [1.165, 1.54) is 12.4 Å². The van der Waals surface area contributed by atoms with E-state index in [9.17, 15) is 10.2 Å². The Morgan fingerprint density at radius 3 is 1.31 bits per heavy atom. The predicted octanol–water partition coefficient (Wildman–Crippen LogP) is -6.69. The van der Waals surface area contributed by atoms with E-state index in [1.807, 2.05) is 0 Å². The Balaban J connectivity index is 0.00000312. The van der Waals surface area contributed by atoms with Crippen LogP contribution in [0.5, 0.6) is 0 Å². The molecule has 0 aliphatic heterocycles. The summed E-state index contributed by atoms with van der Waals surface area (Å²) < 4.78 is 3.46. The minimum absolute atomic E-state index is 0. The first-order valence-electron chi connectivity index (χ1n) is 7.31. The van der Waals surface area contributed by atoms with Crippen molar-refractivity contribution in [1.29, 1.82) is 0 Å². The van der Waals surface area contributed by atoms with Gasteiger partial charge in [-0.15, -0.1) is 0 Å². The maximum absolute atomic E-state index is 10.1. The molecule has 0 spiro atoms. The molecule has 2 heterocycles. The van der Waals surface area contributed by atoms with Crippen LogP contribution in [-0.4, -0.2) is 45.3 Å². The first-order chi connectivity index (χ1) is 11.6. The van der Waals surface area contributed by atoms with E-state index in [2.05, 4.69) is 10.3 Å². The molecule has 2 aromatic heterocycles. The van der Waals surface area contributed by atoms with E-state index in [4.69, 9.17) is 10.4 Å². The highest BCUT2D eigenvalue weighted by Gasteiger charge is 2.24. The van der Waals surface area contributed by atoms with Crippen molar-refractivity contribution in [3.05, 3.63) is 60.2 Å². The number of halogens is 2. The van der Waals surface area contributed by atoms with Gasteiger partial charge in [-0.25, -0.2) is 9.13 Å². The molecule has 8 nitrogen and oxygen atoms in total. The average molecular weight is 492 g/mol. The van der Waals surface area contributed by atoms with Gasteiger partial charge in [-0.2, -0.15) is 0 Å². The van der Waals surface area contributed by atoms with Crippen LogP contribution in [0.25, 0.3) is 0 Å². The molecule has 0 aromatic carbocycles. The van der Waals surface area contributed by atoms with Crippen molar-refractivity contribution in [3.63, 3.8) is 0 Å². The summed E-state index contributed by atoms with van der Waals surface area (Å²) in [6, 6.07) is 6.92. The van der Waals surface area contributed by atoms with E-state index in [0.29, 0.717) is 0 Å². The number of nitrogens with zero attached hydrogens (tertiary/aromatic N) is 4. The molecule has 0 amide bonds. The molecule has 2 atom stereocenters. The third-order valence-electron chi connectivity index (χ3n) is 3.49. The number of rotatable bonds is 7. The number of aliphatic hydroxyl groups is 2. The molecule has 0 fully saturated rings. The smallest absolute Gasteiger partial charge is 0.176 e. The number of hydrogen-bond donors (Lipinski definition) is 4. The summed E-state index contributed by atoms with van der Waals surface area (Å²) in [7, 11) is 0. The molecule has 2 aromatic rings. The average Bonchev–Trinajstić information content (AvgIpc) is 2.59. The van der Waals surface area contributed by atoms with Crippen LogP contribution >= 0.6 is 0 Å². The number of oxime groups is 2. The Hall–Kier alpha value is -1.88. The van der Waals surface area contributed by atoms with E-state index < -0.39 is 12.2 Å². The van der Waals surface area contributed by atoms with Crippen LogP contribution in [-0.2, 0) is 13.1 Å². The highest BCUT2D eigenvalue weighted by atomic mass is 79.9. The number of pyridine rings is 2. The standard InChI is InChI=1S/C16H18N4O4.2BrH/c21-15(11-19-5-1-13(2-6-19)9-17-23)16(22)12-20-7-3-14(4-8-20)10-18-24;;/h1-10,15-16,21-22H,11-12H2;2*1H. The van der Waals surface area contributed by atoms with Crippen molar-refractivity contribution in [2.75, 3.05) is 0 Å². The topological polar surface area (TPSA) is 113 Å². The largest absolute Gasteiger partial charge is 1.00 e. The number of hydrogen-bond acceptors (Lipinski definition) is 6. The second kappa shape index (κ2) is 12.5. The maximum atomic E-state index is 10.1. The molecular formula is C16H20Br2N4O4. The van der Waals surface area contributed by atoms with E-state index in [0.717, 1.165) is 11.1 Å². The molecular weight excluding hydrogens is 472 g/mol. The van der Waals surface area contributed by atoms with Crippen molar-refractivity contribution in [2.45, 2.75) is 25.3 Å². The predicted molar refractivity (Wildman–Crippen MR) is 84.0 cm³/mol. The Morgan fingerprint density at radius 1 is 0.731 bits per heavy atom. The Bertz CT molecular complexity index is 635. The van der Waals surface area contributed by atoms with Crippen molar-refractivity contribution >= 4 is 12.4 Å². The molecule has 0 radical (unpaired) electrons. The van der Waals surface area contributed by atoms with Crippen LogP contribution in [0, 0.1) is 0 Å². The fraction of sp³-hybridized carbons (Fsp3) is 0.250. The normalized spacial score (nSPS) is 13.2. The van der Waals surface area contributed by atoms with Crippen molar-refractivity contribution < 1.29 is 63.7 Å². The van der Waals surface area contributed by atoms with Gasteiger partial charge in [0.05, 0.1) is 12.4 Å². The minimum Gasteiger partial charge on any atom is -1.00 e. The lowest BCUT2D eigenvalue weighted by Gasteiger charge is -2.12. The zero-order valence-corrected chi connectivity index (χ0v) is 16.8. The zero-order valence-electron chi connectivity index (χ0n) is 13.7. The van der Waals surface area contributed by atoms with Gasteiger partial charge in [0.15, 0.2) is 37.9 Å². The molecule has 0 aliphatic carbocycles. The van der Waals surface area contributed by atoms with Crippen LogP contribution < -0.4 is 43.1 Å². The fourth-order valence-electron chi connectivity index (χ4n) is 2.16. The van der Waals surface area contributed by atoms with Gasteiger partial charge in [-0.3, -0.25) is 0 Å². The van der Waals surface area contributed by atoms with Gasteiger partial charge in [0, 0.05) is 35.4 Å². The third-order valence-corrected chi connectivity index (χ3v) is 3.49. The molecule has 26 heavy (non-hydrogen) atoms. The highest BCUT2D eigenvalue weighted by Crippen LogP contribution is 1.97. The quantitative estimate of drug-likeness (QED) is 0.133. The Labute approximate surface area is 171 Å². The summed E-state index contributed by atoms with van der Waals surface area (Å²) in [4.78, 5) is 0. The first kappa shape index (κ1) is 24.1. The van der Waals surface area contributed by atoms with Gasteiger partial charge in [0.2, 0.25) is 0 Å². The van der Waals surface area contributed by atoms with Crippen molar-refractivity contribution in [2.24, 2.45) is 10.3 Å². The van der Waals surface area contributed by atoms with Gasteiger partial charge in [0.1, 0.15) is 12.2 Å². The summed E-state index contributed by atoms with van der Waals surface area (Å²) in [5, 5.41) is 43.1. The second-order valence-corrected chi connectivity index (χ2v) is 5.28. The number of aliphatic hydroxyl groups excluding tert-OH is 2. The molecule has 10 heteroatoms. The Morgan fingerprint density at radius 2 is 1.04 bits per heavy atom.